The predicted octanol–water partition coefficient (Wildman–Crippen LogP) is 2.01. The first-order valence-electron chi connectivity index (χ1n) is 15.7. The summed E-state index contributed by atoms with van der Waals surface area (Å²) in [6.07, 6.45) is 2.58. The number of thiazole rings is 1. The number of pyridine rings is 1. The Morgan fingerprint density at radius 3 is 2.62 bits per heavy atom. The largest absolute Gasteiger partial charge is 1.00 e. The van der Waals surface area contributed by atoms with Gasteiger partial charge in [0, 0.05) is 53.3 Å². The Kier molecular flexibility index (Phi) is 14.9. The van der Waals surface area contributed by atoms with E-state index in [0.717, 1.165) is 23.8 Å². The molecule has 18 heteroatoms. The molecular formula is C35H36Cl2F2N8O5S. The van der Waals surface area contributed by atoms with Crippen molar-refractivity contribution in [2.24, 2.45) is 0 Å². The number of nitriles is 1. The molecule has 0 radical (unpaired) electrons. The fourth-order valence-electron chi connectivity index (χ4n) is 5.27. The van der Waals surface area contributed by atoms with Gasteiger partial charge in [-0.2, -0.15) is 5.26 Å². The van der Waals surface area contributed by atoms with Crippen LogP contribution in [-0.2, 0) is 33.0 Å². The van der Waals surface area contributed by atoms with Crippen LogP contribution in [-0.4, -0.2) is 57.6 Å². The highest BCUT2D eigenvalue weighted by molar-refractivity contribution is 7.10. The Balaban J connectivity index is 0.00000378. The average Bonchev–Trinajstić information content (AvgIpc) is 3.82. The number of likely N-dealkylation sites (N-methyl/N-ethyl adjacent to an activating group) is 1. The molecule has 0 spiro atoms. The zero-order valence-corrected chi connectivity index (χ0v) is 31.3. The van der Waals surface area contributed by atoms with Gasteiger partial charge in [0.1, 0.15) is 36.2 Å². The molecule has 5 aromatic rings. The smallest absolute Gasteiger partial charge is 0.418 e. The number of hydrogen-bond acceptors (Lipinski definition) is 11. The second-order valence-corrected chi connectivity index (χ2v) is 12.5. The normalized spacial score (nSPS) is 12.9. The second kappa shape index (κ2) is 18.6. The van der Waals surface area contributed by atoms with Crippen LogP contribution in [0.5, 0.6) is 0 Å². The summed E-state index contributed by atoms with van der Waals surface area (Å²) in [5, 5.41) is 30.6. The number of esters is 1. The highest BCUT2D eigenvalue weighted by atomic mass is 35.5. The minimum atomic E-state index is -2.02. The summed E-state index contributed by atoms with van der Waals surface area (Å²) in [6.45, 7) is 2.88. The Bertz CT molecular complexity index is 2060. The van der Waals surface area contributed by atoms with E-state index in [1.165, 1.54) is 51.4 Å². The molecule has 2 aromatic carbocycles. The number of aromatic nitrogens is 5. The van der Waals surface area contributed by atoms with E-state index in [-0.39, 0.29) is 55.9 Å². The molecular weight excluding hydrogens is 753 g/mol. The predicted molar refractivity (Wildman–Crippen MR) is 188 cm³/mol. The molecule has 3 heterocycles. The average molecular weight is 790 g/mol. The van der Waals surface area contributed by atoms with Gasteiger partial charge in [0.25, 0.3) is 12.6 Å². The number of halogens is 4. The molecule has 280 valence electrons. The van der Waals surface area contributed by atoms with Gasteiger partial charge in [0.2, 0.25) is 6.33 Å². The van der Waals surface area contributed by atoms with Gasteiger partial charge in [-0.15, -0.1) is 23.7 Å². The fourth-order valence-corrected chi connectivity index (χ4v) is 6.24. The van der Waals surface area contributed by atoms with E-state index in [0.29, 0.717) is 21.8 Å². The summed E-state index contributed by atoms with van der Waals surface area (Å²) >= 11 is 1.25. The third-order valence-electron chi connectivity index (χ3n) is 8.15. The van der Waals surface area contributed by atoms with Gasteiger partial charge in [-0.05, 0) is 43.4 Å². The van der Waals surface area contributed by atoms with Crippen molar-refractivity contribution in [3.63, 3.8) is 0 Å². The summed E-state index contributed by atoms with van der Waals surface area (Å²) in [5.74, 6) is -2.62. The maximum Gasteiger partial charge on any atom is 0.418 e. The number of aliphatic hydroxyl groups is 1. The number of hydrogen-bond donors (Lipinski definition) is 2. The van der Waals surface area contributed by atoms with E-state index in [2.05, 4.69) is 21.5 Å². The van der Waals surface area contributed by atoms with E-state index >= 15 is 4.39 Å². The van der Waals surface area contributed by atoms with Crippen molar-refractivity contribution in [1.29, 1.82) is 5.26 Å². The van der Waals surface area contributed by atoms with E-state index in [9.17, 15) is 19.1 Å². The first kappa shape index (κ1) is 42.4. The van der Waals surface area contributed by atoms with Crippen molar-refractivity contribution in [3.05, 3.63) is 112 Å². The lowest BCUT2D eigenvalue weighted by Gasteiger charge is -2.32. The second-order valence-electron chi connectivity index (χ2n) is 11.6. The Labute approximate surface area is 320 Å². The number of nitrogens with one attached hydrogen (secondary N) is 1. The molecule has 0 aliphatic carbocycles. The van der Waals surface area contributed by atoms with Crippen LogP contribution >= 0.6 is 23.7 Å². The molecule has 3 aromatic heterocycles. The summed E-state index contributed by atoms with van der Waals surface area (Å²) < 4.78 is 43.5. The molecule has 2 N–H and O–H groups in total. The Morgan fingerprint density at radius 2 is 1.92 bits per heavy atom. The number of benzene rings is 2. The molecule has 0 saturated carbocycles. The minimum absolute atomic E-state index is 0. The van der Waals surface area contributed by atoms with E-state index in [1.807, 2.05) is 0 Å². The summed E-state index contributed by atoms with van der Waals surface area (Å²) in [6, 6.07) is 15.1. The topological polar surface area (TPSA) is 159 Å². The molecule has 3 atom stereocenters. The number of amides is 1. The monoisotopic (exact) mass is 788 g/mol. The molecule has 13 nitrogen and oxygen atoms in total. The standard InChI is InChI=1S/C35H35F2N8O5S.2ClH/c1-22(33-42-30(18-51-33)25-9-7-24(15-38)8-10-25)35(48,28-14-27(36)11-12-29(28)37)19-44-20-41-45(21-44)23(2)50-34(47)43(4)32-26(6-5-13-40-32)17-49-31(46)16-39-3;;/h5-14,18,20-23,39,48H,16-17,19H2,1-4H3;2*1H/q+1;;/p-1/t22-,23?,35+;;/m0../s1. The lowest BCUT2D eigenvalue weighted by Crippen LogP contribution is -3.00. The Morgan fingerprint density at radius 1 is 1.19 bits per heavy atom. The molecule has 0 aliphatic heterocycles. The van der Waals surface area contributed by atoms with Gasteiger partial charge in [-0.3, -0.25) is 9.69 Å². The number of carbonyl (C=O) groups is 2. The SMILES string of the molecule is CNCC(=O)OCc1cccnc1N(C)C(=O)OC(C)n1c[n+](C[C@](O)(c2cc(F)ccc2F)[C@@H](C)c2nc(-c3ccc(C#N)cc3)cs2)cn1.Cl.[Cl-]. The zero-order chi connectivity index (χ0) is 36.7. The molecule has 0 bridgehead atoms. The molecule has 0 fully saturated rings. The number of rotatable bonds is 13. The van der Waals surface area contributed by atoms with Crippen LogP contribution < -0.4 is 27.2 Å². The van der Waals surface area contributed by atoms with Gasteiger partial charge in [0.15, 0.2) is 0 Å². The first-order valence-corrected chi connectivity index (χ1v) is 16.6. The molecule has 0 aliphatic rings. The molecule has 5 rings (SSSR count). The van der Waals surface area contributed by atoms with Crippen molar-refractivity contribution in [1.82, 2.24) is 25.1 Å². The summed E-state index contributed by atoms with van der Waals surface area (Å²) in [5.41, 5.74) is 0.0388. The zero-order valence-electron chi connectivity index (χ0n) is 28.9. The van der Waals surface area contributed by atoms with Crippen molar-refractivity contribution in [2.45, 2.75) is 44.7 Å². The van der Waals surface area contributed by atoms with Crippen LogP contribution in [0.25, 0.3) is 11.3 Å². The Hall–Kier alpha value is -5.05. The number of ether oxygens (including phenoxy) is 2. The van der Waals surface area contributed by atoms with Gasteiger partial charge >= 0.3 is 12.1 Å². The maximum atomic E-state index is 15.3. The van der Waals surface area contributed by atoms with Crippen molar-refractivity contribution in [2.75, 3.05) is 25.5 Å². The van der Waals surface area contributed by atoms with Crippen LogP contribution in [0.15, 0.2) is 78.8 Å². The van der Waals surface area contributed by atoms with E-state index < -0.39 is 41.4 Å². The van der Waals surface area contributed by atoms with Crippen LogP contribution in [0.2, 0.25) is 0 Å². The summed E-state index contributed by atoms with van der Waals surface area (Å²) in [4.78, 5) is 35.1. The third kappa shape index (κ3) is 9.89. The van der Waals surface area contributed by atoms with Crippen LogP contribution in [0.1, 0.15) is 47.7 Å². The number of anilines is 1. The van der Waals surface area contributed by atoms with Crippen molar-refractivity contribution >= 4 is 41.6 Å². The van der Waals surface area contributed by atoms with Gasteiger partial charge in [0.05, 0.1) is 28.9 Å². The third-order valence-corrected chi connectivity index (χ3v) is 9.18. The van der Waals surface area contributed by atoms with Crippen LogP contribution in [0.3, 0.4) is 0 Å². The fraction of sp³-hybridized carbons (Fsp3) is 0.286. The molecule has 1 unspecified atom stereocenters. The van der Waals surface area contributed by atoms with Crippen LogP contribution in [0, 0.1) is 23.0 Å². The van der Waals surface area contributed by atoms with E-state index in [4.69, 9.17) is 19.7 Å². The number of carbonyl (C=O) groups excluding carboxylic acids is 2. The molecule has 0 saturated heterocycles. The van der Waals surface area contributed by atoms with Crippen molar-refractivity contribution < 1.29 is 49.9 Å². The van der Waals surface area contributed by atoms with E-state index in [1.54, 1.807) is 62.7 Å². The minimum Gasteiger partial charge on any atom is -1.00 e. The quantitative estimate of drug-likeness (QED) is 0.134. The highest BCUT2D eigenvalue weighted by Crippen LogP contribution is 2.41. The first-order chi connectivity index (χ1) is 24.4. The molecule has 1 amide bonds. The van der Waals surface area contributed by atoms with Gasteiger partial charge in [-0.1, -0.05) is 29.8 Å². The lowest BCUT2D eigenvalue weighted by molar-refractivity contribution is -0.713. The molecule has 53 heavy (non-hydrogen) atoms. The van der Waals surface area contributed by atoms with Crippen molar-refractivity contribution in [3.8, 4) is 17.3 Å². The summed E-state index contributed by atoms with van der Waals surface area (Å²) in [7, 11) is 3.08. The lowest BCUT2D eigenvalue weighted by atomic mass is 9.82. The van der Waals surface area contributed by atoms with Gasteiger partial charge < -0.3 is 32.3 Å². The van der Waals surface area contributed by atoms with Crippen LogP contribution in [0.4, 0.5) is 19.4 Å². The maximum absolute atomic E-state index is 15.3. The van der Waals surface area contributed by atoms with Gasteiger partial charge in [-0.25, -0.2) is 28.1 Å². The number of nitrogens with zero attached hydrogens (tertiary/aromatic N) is 7. The highest BCUT2D eigenvalue weighted by Gasteiger charge is 2.43.